The summed E-state index contributed by atoms with van der Waals surface area (Å²) in [7, 11) is 1.83. The molecule has 7 heteroatoms. The van der Waals surface area contributed by atoms with Crippen LogP contribution in [-0.2, 0) is 18.3 Å². The molecule has 0 radical (unpaired) electrons. The van der Waals surface area contributed by atoms with E-state index in [1.165, 1.54) is 12.1 Å². The first-order valence-corrected chi connectivity index (χ1v) is 11.2. The van der Waals surface area contributed by atoms with Crippen LogP contribution < -0.4 is 4.74 Å². The number of nitrogens with zero attached hydrogens (tertiary/aromatic N) is 3. The maximum absolute atomic E-state index is 13.4. The van der Waals surface area contributed by atoms with Crippen LogP contribution in [0.1, 0.15) is 18.9 Å². The number of aryl methyl sites for hydroxylation is 1. The Labute approximate surface area is 194 Å². The molecule has 0 aliphatic heterocycles. The molecule has 0 amide bonds. The van der Waals surface area contributed by atoms with Gasteiger partial charge in [-0.1, -0.05) is 43.3 Å². The summed E-state index contributed by atoms with van der Waals surface area (Å²) in [5.74, 6) is 0.790. The molecule has 3 aromatic rings. The van der Waals surface area contributed by atoms with Crippen molar-refractivity contribution in [3.05, 3.63) is 78.6 Å². The van der Waals surface area contributed by atoms with E-state index < -0.39 is 6.10 Å². The van der Waals surface area contributed by atoms with Gasteiger partial charge in [0.2, 0.25) is 5.88 Å². The predicted octanol–water partition coefficient (Wildman–Crippen LogP) is 4.79. The van der Waals surface area contributed by atoms with Crippen molar-refractivity contribution >= 4 is 0 Å². The van der Waals surface area contributed by atoms with Crippen LogP contribution in [0.4, 0.5) is 4.39 Å². The molecule has 6 nitrogen and oxygen atoms in total. The third-order valence-electron chi connectivity index (χ3n) is 5.10. The zero-order valence-electron chi connectivity index (χ0n) is 19.3. The molecule has 1 atom stereocenters. The van der Waals surface area contributed by atoms with E-state index in [2.05, 4.69) is 18.4 Å². The van der Waals surface area contributed by atoms with E-state index in [-0.39, 0.29) is 12.4 Å². The van der Waals surface area contributed by atoms with Crippen molar-refractivity contribution in [3.8, 4) is 22.9 Å². The lowest BCUT2D eigenvalue weighted by Crippen LogP contribution is -2.35. The van der Waals surface area contributed by atoms with Gasteiger partial charge in [0.15, 0.2) is 0 Å². The smallest absolute Gasteiger partial charge is 0.222 e. The number of hydrogen-bond donors (Lipinski definition) is 1. The quantitative estimate of drug-likeness (QED) is 0.298. The van der Waals surface area contributed by atoms with Crippen molar-refractivity contribution in [2.45, 2.75) is 26.0 Å². The first-order chi connectivity index (χ1) is 16.0. The van der Waals surface area contributed by atoms with Crippen molar-refractivity contribution in [2.75, 3.05) is 26.3 Å². The predicted molar refractivity (Wildman–Crippen MR) is 128 cm³/mol. The summed E-state index contributed by atoms with van der Waals surface area (Å²) in [5.41, 5.74) is 2.69. The largest absolute Gasteiger partial charge is 0.439 e. The number of benzene rings is 2. The SMILES string of the molecule is C=CCOC[C@H](O)CN(CCC)Cc1c(-c2ccccc2)nn(C)c1Oc1ccc(F)cc1. The monoisotopic (exact) mass is 453 g/mol. The minimum Gasteiger partial charge on any atom is -0.439 e. The zero-order chi connectivity index (χ0) is 23.6. The van der Waals surface area contributed by atoms with Crippen LogP contribution in [-0.4, -0.2) is 52.2 Å². The van der Waals surface area contributed by atoms with Crippen LogP contribution in [0.25, 0.3) is 11.3 Å². The summed E-state index contributed by atoms with van der Waals surface area (Å²) >= 11 is 0. The van der Waals surface area contributed by atoms with Crippen molar-refractivity contribution in [3.63, 3.8) is 0 Å². The summed E-state index contributed by atoms with van der Waals surface area (Å²) in [6.45, 7) is 8.14. The number of rotatable bonds is 13. The Hall–Kier alpha value is -3.00. The minimum absolute atomic E-state index is 0.240. The second-order valence-corrected chi connectivity index (χ2v) is 7.89. The van der Waals surface area contributed by atoms with Crippen LogP contribution in [0.5, 0.6) is 11.6 Å². The lowest BCUT2D eigenvalue weighted by molar-refractivity contribution is 0.0245. The van der Waals surface area contributed by atoms with E-state index in [1.807, 2.05) is 37.4 Å². The second-order valence-electron chi connectivity index (χ2n) is 7.89. The van der Waals surface area contributed by atoms with E-state index >= 15 is 0 Å². The maximum atomic E-state index is 13.4. The highest BCUT2D eigenvalue weighted by atomic mass is 19.1. The summed E-state index contributed by atoms with van der Waals surface area (Å²) in [6.07, 6.45) is 1.96. The fourth-order valence-corrected chi connectivity index (χ4v) is 3.68. The van der Waals surface area contributed by atoms with E-state index in [1.54, 1.807) is 22.9 Å². The van der Waals surface area contributed by atoms with Gasteiger partial charge in [0.25, 0.3) is 0 Å². The summed E-state index contributed by atoms with van der Waals surface area (Å²) in [6, 6.07) is 15.9. The lowest BCUT2D eigenvalue weighted by atomic mass is 10.1. The molecule has 0 aliphatic carbocycles. The van der Waals surface area contributed by atoms with Gasteiger partial charge in [-0.3, -0.25) is 4.90 Å². The molecule has 1 heterocycles. The normalized spacial score (nSPS) is 12.2. The summed E-state index contributed by atoms with van der Waals surface area (Å²) in [4.78, 5) is 2.17. The van der Waals surface area contributed by atoms with Crippen LogP contribution in [0, 0.1) is 5.82 Å². The van der Waals surface area contributed by atoms with E-state index in [9.17, 15) is 9.50 Å². The molecule has 1 N–H and O–H groups in total. The van der Waals surface area contributed by atoms with Gasteiger partial charge < -0.3 is 14.6 Å². The molecule has 0 saturated heterocycles. The molecule has 2 aromatic carbocycles. The molecule has 0 saturated carbocycles. The lowest BCUT2D eigenvalue weighted by Gasteiger charge is -2.25. The number of halogens is 1. The third-order valence-corrected chi connectivity index (χ3v) is 5.10. The van der Waals surface area contributed by atoms with E-state index in [0.29, 0.717) is 31.3 Å². The van der Waals surface area contributed by atoms with E-state index in [0.717, 1.165) is 29.8 Å². The Balaban J connectivity index is 1.91. The topological polar surface area (TPSA) is 59.8 Å². The number of ether oxygens (including phenoxy) is 2. The number of aliphatic hydroxyl groups excluding tert-OH is 1. The van der Waals surface area contributed by atoms with Gasteiger partial charge in [0.1, 0.15) is 17.3 Å². The van der Waals surface area contributed by atoms with Gasteiger partial charge in [0, 0.05) is 25.7 Å². The zero-order valence-corrected chi connectivity index (χ0v) is 19.3. The molecular formula is C26H32FN3O3. The molecule has 0 unspecified atom stereocenters. The van der Waals surface area contributed by atoms with Gasteiger partial charge >= 0.3 is 0 Å². The fraction of sp³-hybridized carbons (Fsp3) is 0.346. The van der Waals surface area contributed by atoms with Crippen molar-refractivity contribution < 1.29 is 19.0 Å². The molecule has 176 valence electrons. The van der Waals surface area contributed by atoms with Crippen molar-refractivity contribution in [2.24, 2.45) is 7.05 Å². The first kappa shape index (κ1) is 24.6. The molecular weight excluding hydrogens is 421 g/mol. The highest BCUT2D eigenvalue weighted by Crippen LogP contribution is 2.34. The average Bonchev–Trinajstić information content (AvgIpc) is 3.11. The second kappa shape index (κ2) is 12.3. The van der Waals surface area contributed by atoms with Crippen molar-refractivity contribution in [1.29, 1.82) is 0 Å². The number of hydrogen-bond acceptors (Lipinski definition) is 5. The van der Waals surface area contributed by atoms with Crippen LogP contribution in [0.3, 0.4) is 0 Å². The molecule has 0 fully saturated rings. The highest BCUT2D eigenvalue weighted by Gasteiger charge is 2.23. The fourth-order valence-electron chi connectivity index (χ4n) is 3.68. The third kappa shape index (κ3) is 6.99. The summed E-state index contributed by atoms with van der Waals surface area (Å²) < 4.78 is 26.7. The highest BCUT2D eigenvalue weighted by molar-refractivity contribution is 5.65. The molecule has 3 rings (SSSR count). The van der Waals surface area contributed by atoms with Crippen LogP contribution >= 0.6 is 0 Å². The van der Waals surface area contributed by atoms with Gasteiger partial charge in [0.05, 0.1) is 24.9 Å². The van der Waals surface area contributed by atoms with Gasteiger partial charge in [-0.25, -0.2) is 9.07 Å². The average molecular weight is 454 g/mol. The number of aromatic nitrogens is 2. The molecule has 1 aromatic heterocycles. The van der Waals surface area contributed by atoms with Crippen molar-refractivity contribution in [1.82, 2.24) is 14.7 Å². The van der Waals surface area contributed by atoms with Crippen LogP contribution in [0.15, 0.2) is 67.3 Å². The Morgan fingerprint density at radius 2 is 1.91 bits per heavy atom. The Kier molecular flexibility index (Phi) is 9.18. The minimum atomic E-state index is -0.630. The number of aliphatic hydroxyl groups is 1. The van der Waals surface area contributed by atoms with Gasteiger partial charge in [-0.15, -0.1) is 6.58 Å². The maximum Gasteiger partial charge on any atom is 0.222 e. The van der Waals surface area contributed by atoms with Gasteiger partial charge in [-0.05, 0) is 37.2 Å². The Morgan fingerprint density at radius 3 is 2.58 bits per heavy atom. The van der Waals surface area contributed by atoms with Crippen LogP contribution in [0.2, 0.25) is 0 Å². The first-order valence-electron chi connectivity index (χ1n) is 11.2. The molecule has 33 heavy (non-hydrogen) atoms. The molecule has 0 spiro atoms. The summed E-state index contributed by atoms with van der Waals surface area (Å²) in [5, 5.41) is 15.2. The molecule has 0 aliphatic rings. The Bertz CT molecular complexity index is 1010. The molecule has 0 bridgehead atoms. The Morgan fingerprint density at radius 1 is 1.18 bits per heavy atom. The van der Waals surface area contributed by atoms with Gasteiger partial charge in [-0.2, -0.15) is 5.10 Å². The van der Waals surface area contributed by atoms with E-state index in [4.69, 9.17) is 14.6 Å². The standard InChI is InChI=1S/C26H32FN3O3/c1-4-15-30(17-22(31)19-32-16-5-2)18-24-25(20-9-7-6-8-10-20)28-29(3)26(24)33-23-13-11-21(27)12-14-23/h5-14,22,31H,2,4,15-19H2,1,3H3/t22-/m1/s1.